The summed E-state index contributed by atoms with van der Waals surface area (Å²) in [7, 11) is 3.41. The lowest BCUT2D eigenvalue weighted by atomic mass is 10.1. The smallest absolute Gasteiger partial charge is 0.281 e. The Kier molecular flexibility index (Phi) is 6.40. The van der Waals surface area contributed by atoms with Crippen LogP contribution in [0.3, 0.4) is 0 Å². The number of rotatable bonds is 6. The third kappa shape index (κ3) is 4.72. The first kappa shape index (κ1) is 22.8. The van der Waals surface area contributed by atoms with Crippen LogP contribution in [-0.4, -0.2) is 27.9 Å². The topological polar surface area (TPSA) is 68.6 Å². The molecule has 1 amide bonds. The summed E-state index contributed by atoms with van der Waals surface area (Å²) in [6.07, 6.45) is 3.53. The molecule has 170 valence electrons. The lowest BCUT2D eigenvalue weighted by Crippen LogP contribution is -2.30. The number of aromatic nitrogens is 2. The van der Waals surface area contributed by atoms with Gasteiger partial charge in [0.25, 0.3) is 5.91 Å². The first-order chi connectivity index (χ1) is 15.8. The van der Waals surface area contributed by atoms with E-state index in [0.29, 0.717) is 33.9 Å². The minimum Gasteiger partial charge on any atom is -0.496 e. The van der Waals surface area contributed by atoms with Crippen molar-refractivity contribution in [3.05, 3.63) is 75.7 Å². The molecular weight excluding hydrogens is 460 g/mol. The number of carbonyl (C=O) groups excluding carboxylic acids is 1. The Hall–Kier alpha value is -3.36. The Labute approximate surface area is 202 Å². The Bertz CT molecular complexity index is 1280. The molecule has 9 heteroatoms. The van der Waals surface area contributed by atoms with E-state index in [9.17, 15) is 4.79 Å². The van der Waals surface area contributed by atoms with E-state index >= 15 is 0 Å². The number of anilines is 1. The number of thiocarbonyl (C=S) groups is 1. The summed E-state index contributed by atoms with van der Waals surface area (Å²) in [6, 6.07) is 11.1. The summed E-state index contributed by atoms with van der Waals surface area (Å²) in [5, 5.41) is 8.29. The van der Waals surface area contributed by atoms with Crippen LogP contribution in [0.1, 0.15) is 22.4 Å². The number of benzene rings is 2. The Morgan fingerprint density at radius 2 is 1.94 bits per heavy atom. The van der Waals surface area contributed by atoms with Crippen LogP contribution in [0.5, 0.6) is 11.5 Å². The summed E-state index contributed by atoms with van der Waals surface area (Å²) in [5.74, 6) is 1.20. The van der Waals surface area contributed by atoms with E-state index in [4.69, 9.17) is 33.3 Å². The number of hydrogen-bond donors (Lipinski definition) is 1. The molecule has 33 heavy (non-hydrogen) atoms. The molecule has 1 saturated heterocycles. The van der Waals surface area contributed by atoms with E-state index < -0.39 is 0 Å². The molecule has 0 atom stereocenters. The van der Waals surface area contributed by atoms with Crippen LogP contribution < -0.4 is 19.7 Å². The maximum Gasteiger partial charge on any atom is 0.281 e. The van der Waals surface area contributed by atoms with Crippen LogP contribution in [0.25, 0.3) is 6.08 Å². The SMILES string of the molecule is COc1ccc(/C=C2/NC(=S)N(c3cn(C)nc3C)C2=O)cc1COc1ccc(Cl)cc1C. The molecule has 3 aromatic rings. The second-order valence-electron chi connectivity index (χ2n) is 7.67. The van der Waals surface area contributed by atoms with Crippen molar-refractivity contribution in [2.75, 3.05) is 12.0 Å². The lowest BCUT2D eigenvalue weighted by Gasteiger charge is -2.13. The molecule has 1 aliphatic heterocycles. The Morgan fingerprint density at radius 1 is 1.18 bits per heavy atom. The third-order valence-electron chi connectivity index (χ3n) is 5.24. The van der Waals surface area contributed by atoms with E-state index in [-0.39, 0.29) is 5.91 Å². The standard InChI is InChI=1S/C24H23ClN4O3S/c1-14-9-18(25)6-8-21(14)32-13-17-10-16(5-7-22(17)31-4)11-19-23(30)29(24(33)26-19)20-12-28(3)27-15(20)2/h5-12H,13H2,1-4H3,(H,26,33)/b19-11+. The van der Waals surface area contributed by atoms with E-state index in [0.717, 1.165) is 28.1 Å². The van der Waals surface area contributed by atoms with Crippen molar-refractivity contribution in [2.45, 2.75) is 20.5 Å². The predicted molar refractivity (Wildman–Crippen MR) is 133 cm³/mol. The number of carbonyl (C=O) groups is 1. The zero-order chi connectivity index (χ0) is 23.7. The van der Waals surface area contributed by atoms with Crippen LogP contribution >= 0.6 is 23.8 Å². The lowest BCUT2D eigenvalue weighted by molar-refractivity contribution is -0.113. The number of nitrogens with one attached hydrogen (secondary N) is 1. The molecule has 1 fully saturated rings. The average molecular weight is 483 g/mol. The molecule has 0 unspecified atom stereocenters. The van der Waals surface area contributed by atoms with Crippen LogP contribution in [0.2, 0.25) is 5.02 Å². The maximum absolute atomic E-state index is 13.1. The zero-order valence-electron chi connectivity index (χ0n) is 18.7. The minimum absolute atomic E-state index is 0.235. The second-order valence-corrected chi connectivity index (χ2v) is 8.50. The summed E-state index contributed by atoms with van der Waals surface area (Å²) < 4.78 is 13.1. The molecular formula is C24H23ClN4O3S. The molecule has 1 aromatic heterocycles. The van der Waals surface area contributed by atoms with Crippen molar-refractivity contribution in [3.8, 4) is 11.5 Å². The normalized spacial score (nSPS) is 14.7. The number of halogens is 1. The van der Waals surface area contributed by atoms with Gasteiger partial charge in [-0.2, -0.15) is 5.10 Å². The summed E-state index contributed by atoms with van der Waals surface area (Å²) in [6.45, 7) is 4.07. The maximum atomic E-state index is 13.1. The van der Waals surface area contributed by atoms with Gasteiger partial charge in [0.1, 0.15) is 23.8 Å². The van der Waals surface area contributed by atoms with Crippen molar-refractivity contribution in [3.63, 3.8) is 0 Å². The van der Waals surface area contributed by atoms with Gasteiger partial charge in [0.2, 0.25) is 0 Å². The van der Waals surface area contributed by atoms with E-state index in [1.54, 1.807) is 37.2 Å². The van der Waals surface area contributed by atoms with Crippen molar-refractivity contribution >= 4 is 46.6 Å². The molecule has 2 heterocycles. The van der Waals surface area contributed by atoms with E-state index in [1.807, 2.05) is 44.2 Å². The molecule has 1 aliphatic rings. The Balaban J connectivity index is 1.58. The molecule has 0 aliphatic carbocycles. The molecule has 0 bridgehead atoms. The number of aryl methyl sites for hydroxylation is 3. The monoisotopic (exact) mass is 482 g/mol. The minimum atomic E-state index is -0.235. The molecule has 4 rings (SSSR count). The van der Waals surface area contributed by atoms with Crippen LogP contribution in [0, 0.1) is 13.8 Å². The average Bonchev–Trinajstić information content (AvgIpc) is 3.23. The number of methoxy groups -OCH3 is 1. The highest BCUT2D eigenvalue weighted by molar-refractivity contribution is 7.80. The highest BCUT2D eigenvalue weighted by atomic mass is 35.5. The number of ether oxygens (including phenoxy) is 2. The van der Waals surface area contributed by atoms with E-state index in [2.05, 4.69) is 10.4 Å². The van der Waals surface area contributed by atoms with Crippen LogP contribution in [0.4, 0.5) is 5.69 Å². The van der Waals surface area contributed by atoms with Gasteiger partial charge in [-0.3, -0.25) is 9.48 Å². The fourth-order valence-corrected chi connectivity index (χ4v) is 4.18. The van der Waals surface area contributed by atoms with Crippen molar-refractivity contribution in [1.82, 2.24) is 15.1 Å². The molecule has 0 saturated carbocycles. The highest BCUT2D eigenvalue weighted by Crippen LogP contribution is 2.28. The van der Waals surface area contributed by atoms with Gasteiger partial charge in [-0.15, -0.1) is 0 Å². The highest BCUT2D eigenvalue weighted by Gasteiger charge is 2.33. The number of amides is 1. The Morgan fingerprint density at radius 3 is 2.61 bits per heavy atom. The zero-order valence-corrected chi connectivity index (χ0v) is 20.3. The van der Waals surface area contributed by atoms with Gasteiger partial charge in [0.05, 0.1) is 18.5 Å². The summed E-state index contributed by atoms with van der Waals surface area (Å²) >= 11 is 11.4. The fourth-order valence-electron chi connectivity index (χ4n) is 3.66. The third-order valence-corrected chi connectivity index (χ3v) is 5.76. The molecule has 7 nitrogen and oxygen atoms in total. The largest absolute Gasteiger partial charge is 0.496 e. The van der Waals surface area contributed by atoms with Gasteiger partial charge in [-0.05, 0) is 73.6 Å². The van der Waals surface area contributed by atoms with Crippen molar-refractivity contribution < 1.29 is 14.3 Å². The molecule has 1 N–H and O–H groups in total. The van der Waals surface area contributed by atoms with E-state index in [1.165, 1.54) is 4.90 Å². The summed E-state index contributed by atoms with van der Waals surface area (Å²) in [5.41, 5.74) is 4.36. The first-order valence-electron chi connectivity index (χ1n) is 10.2. The molecule has 2 aromatic carbocycles. The van der Waals surface area contributed by atoms with Crippen LogP contribution in [-0.2, 0) is 18.4 Å². The predicted octanol–water partition coefficient (Wildman–Crippen LogP) is 4.54. The van der Waals surface area contributed by atoms with Crippen molar-refractivity contribution in [2.24, 2.45) is 7.05 Å². The van der Waals surface area contributed by atoms with Crippen LogP contribution in [0.15, 0.2) is 48.3 Å². The van der Waals surface area contributed by atoms with Gasteiger partial charge in [0, 0.05) is 23.8 Å². The quantitative estimate of drug-likeness (QED) is 0.411. The molecule has 0 radical (unpaired) electrons. The number of nitrogens with zero attached hydrogens (tertiary/aromatic N) is 3. The van der Waals surface area contributed by atoms with Gasteiger partial charge in [0.15, 0.2) is 5.11 Å². The number of hydrogen-bond acceptors (Lipinski definition) is 5. The van der Waals surface area contributed by atoms with Gasteiger partial charge < -0.3 is 14.8 Å². The first-order valence-corrected chi connectivity index (χ1v) is 11.0. The van der Waals surface area contributed by atoms with Crippen molar-refractivity contribution in [1.29, 1.82) is 0 Å². The summed E-state index contributed by atoms with van der Waals surface area (Å²) in [4.78, 5) is 14.5. The second kappa shape index (κ2) is 9.25. The fraction of sp³-hybridized carbons (Fsp3) is 0.208. The van der Waals surface area contributed by atoms with Gasteiger partial charge in [-0.25, -0.2) is 4.90 Å². The molecule has 0 spiro atoms. The van der Waals surface area contributed by atoms with Gasteiger partial charge >= 0.3 is 0 Å². The van der Waals surface area contributed by atoms with Gasteiger partial charge in [-0.1, -0.05) is 17.7 Å².